The van der Waals surface area contributed by atoms with Gasteiger partial charge in [0.15, 0.2) is 0 Å². The fourth-order valence-electron chi connectivity index (χ4n) is 2.59. The molecule has 2 rings (SSSR count). The van der Waals surface area contributed by atoms with Crippen molar-refractivity contribution in [2.75, 3.05) is 32.7 Å². The zero-order valence-corrected chi connectivity index (χ0v) is 11.6. The van der Waals surface area contributed by atoms with Crippen LogP contribution in [0.3, 0.4) is 0 Å². The van der Waals surface area contributed by atoms with Gasteiger partial charge in [0.1, 0.15) is 0 Å². The number of rotatable bonds is 4. The van der Waals surface area contributed by atoms with Crippen LogP contribution in [-0.4, -0.2) is 48.7 Å². The first kappa shape index (κ1) is 14.0. The molecular weight excluding hydrogens is 240 g/mol. The highest BCUT2D eigenvalue weighted by Gasteiger charge is 2.25. The topological polar surface area (TPSA) is 52.6 Å². The van der Waals surface area contributed by atoms with Crippen LogP contribution in [0, 0.1) is 0 Å². The summed E-state index contributed by atoms with van der Waals surface area (Å²) in [6.07, 6.45) is 0. The molecule has 19 heavy (non-hydrogen) atoms. The highest BCUT2D eigenvalue weighted by molar-refractivity contribution is 5.87. The summed E-state index contributed by atoms with van der Waals surface area (Å²) in [5.41, 5.74) is 1.42. The van der Waals surface area contributed by atoms with E-state index in [0.29, 0.717) is 5.56 Å². The number of carboxylic acid groups (broad SMARTS) is 1. The molecule has 0 atom stereocenters. The molecule has 1 aliphatic heterocycles. The number of hydrogen-bond donors (Lipinski definition) is 2. The molecule has 1 fully saturated rings. The van der Waals surface area contributed by atoms with Crippen molar-refractivity contribution < 1.29 is 9.90 Å². The summed E-state index contributed by atoms with van der Waals surface area (Å²) >= 11 is 0. The van der Waals surface area contributed by atoms with Gasteiger partial charge < -0.3 is 10.4 Å². The van der Waals surface area contributed by atoms with Crippen LogP contribution in [0.1, 0.15) is 29.8 Å². The van der Waals surface area contributed by atoms with E-state index in [0.717, 1.165) is 38.3 Å². The van der Waals surface area contributed by atoms with E-state index in [2.05, 4.69) is 24.1 Å². The summed E-state index contributed by atoms with van der Waals surface area (Å²) in [6, 6.07) is 7.30. The number of hydrogen-bond acceptors (Lipinski definition) is 3. The first-order valence-corrected chi connectivity index (χ1v) is 6.76. The number of carboxylic acids is 1. The maximum atomic E-state index is 11.1. The molecule has 4 heteroatoms. The highest BCUT2D eigenvalue weighted by Crippen LogP contribution is 2.25. The summed E-state index contributed by atoms with van der Waals surface area (Å²) in [4.78, 5) is 13.5. The van der Waals surface area contributed by atoms with Crippen LogP contribution < -0.4 is 5.32 Å². The highest BCUT2D eigenvalue weighted by atomic mass is 16.4. The SMILES string of the molecule is CC(C)(CN1CCNCC1)c1cccc(C(=O)O)c1. The van der Waals surface area contributed by atoms with E-state index < -0.39 is 5.97 Å². The Bertz CT molecular complexity index is 451. The monoisotopic (exact) mass is 262 g/mol. The van der Waals surface area contributed by atoms with Crippen molar-refractivity contribution in [2.24, 2.45) is 0 Å². The third-order valence-electron chi connectivity index (χ3n) is 3.72. The van der Waals surface area contributed by atoms with Crippen LogP contribution in [0.2, 0.25) is 0 Å². The summed E-state index contributed by atoms with van der Waals surface area (Å²) < 4.78 is 0. The lowest BCUT2D eigenvalue weighted by atomic mass is 9.83. The molecule has 1 heterocycles. The van der Waals surface area contributed by atoms with Gasteiger partial charge in [0, 0.05) is 38.1 Å². The molecule has 0 spiro atoms. The fraction of sp³-hybridized carbons (Fsp3) is 0.533. The number of nitrogens with one attached hydrogen (secondary N) is 1. The molecule has 0 aromatic heterocycles. The van der Waals surface area contributed by atoms with E-state index in [1.807, 2.05) is 12.1 Å². The van der Waals surface area contributed by atoms with E-state index in [1.54, 1.807) is 12.1 Å². The lowest BCUT2D eigenvalue weighted by molar-refractivity contribution is 0.0696. The van der Waals surface area contributed by atoms with Crippen LogP contribution in [0.15, 0.2) is 24.3 Å². The normalized spacial score (nSPS) is 17.4. The van der Waals surface area contributed by atoms with E-state index in [9.17, 15) is 4.79 Å². The lowest BCUT2D eigenvalue weighted by Gasteiger charge is -2.35. The molecule has 1 aromatic carbocycles. The molecule has 0 amide bonds. The largest absolute Gasteiger partial charge is 0.478 e. The average Bonchev–Trinajstić information content (AvgIpc) is 2.39. The molecule has 1 aliphatic rings. The number of carbonyl (C=O) groups is 1. The quantitative estimate of drug-likeness (QED) is 0.865. The van der Waals surface area contributed by atoms with Crippen LogP contribution in [0.25, 0.3) is 0 Å². The smallest absolute Gasteiger partial charge is 0.335 e. The number of benzene rings is 1. The second kappa shape index (κ2) is 5.72. The second-order valence-corrected chi connectivity index (χ2v) is 5.80. The molecule has 1 saturated heterocycles. The molecule has 0 saturated carbocycles. The molecule has 0 aliphatic carbocycles. The third kappa shape index (κ3) is 3.55. The summed E-state index contributed by atoms with van der Waals surface area (Å²) in [5, 5.41) is 12.4. The van der Waals surface area contributed by atoms with Gasteiger partial charge in [0.2, 0.25) is 0 Å². The minimum atomic E-state index is -0.861. The van der Waals surface area contributed by atoms with Gasteiger partial charge in [0.05, 0.1) is 5.56 Å². The minimum absolute atomic E-state index is 0.0389. The van der Waals surface area contributed by atoms with E-state index in [1.165, 1.54) is 0 Å². The van der Waals surface area contributed by atoms with Crippen molar-refractivity contribution >= 4 is 5.97 Å². The molecular formula is C15H22N2O2. The predicted octanol–water partition coefficient (Wildman–Crippen LogP) is 1.57. The fourth-order valence-corrected chi connectivity index (χ4v) is 2.59. The number of piperazine rings is 1. The van der Waals surface area contributed by atoms with Crippen molar-refractivity contribution in [3.05, 3.63) is 35.4 Å². The van der Waals surface area contributed by atoms with Gasteiger partial charge in [-0.2, -0.15) is 0 Å². The van der Waals surface area contributed by atoms with E-state index >= 15 is 0 Å². The standard InChI is InChI=1S/C15H22N2O2/c1-15(2,11-17-8-6-16-7-9-17)13-5-3-4-12(10-13)14(18)19/h3-5,10,16H,6-9,11H2,1-2H3,(H,18,19). The lowest BCUT2D eigenvalue weighted by Crippen LogP contribution is -2.47. The number of aromatic carboxylic acids is 1. The Morgan fingerprint density at radius 2 is 2.05 bits per heavy atom. The molecule has 4 nitrogen and oxygen atoms in total. The van der Waals surface area contributed by atoms with Gasteiger partial charge in [-0.15, -0.1) is 0 Å². The summed E-state index contributed by atoms with van der Waals surface area (Å²) in [5.74, 6) is -0.861. The maximum Gasteiger partial charge on any atom is 0.335 e. The van der Waals surface area contributed by atoms with Crippen LogP contribution in [0.4, 0.5) is 0 Å². The first-order valence-electron chi connectivity index (χ1n) is 6.76. The van der Waals surface area contributed by atoms with Gasteiger partial charge in [-0.3, -0.25) is 4.90 Å². The van der Waals surface area contributed by atoms with E-state index in [4.69, 9.17) is 5.11 Å². The van der Waals surface area contributed by atoms with Crippen molar-refractivity contribution in [2.45, 2.75) is 19.3 Å². The van der Waals surface area contributed by atoms with Gasteiger partial charge in [0.25, 0.3) is 0 Å². The Morgan fingerprint density at radius 1 is 1.37 bits per heavy atom. The summed E-state index contributed by atoms with van der Waals surface area (Å²) in [7, 11) is 0. The zero-order valence-electron chi connectivity index (χ0n) is 11.6. The van der Waals surface area contributed by atoms with Crippen molar-refractivity contribution in [1.29, 1.82) is 0 Å². The zero-order chi connectivity index (χ0) is 13.9. The van der Waals surface area contributed by atoms with Gasteiger partial charge in [-0.25, -0.2) is 4.79 Å². The molecule has 0 radical (unpaired) electrons. The molecule has 104 valence electrons. The van der Waals surface area contributed by atoms with Gasteiger partial charge >= 0.3 is 5.97 Å². The average molecular weight is 262 g/mol. The van der Waals surface area contributed by atoms with Crippen molar-refractivity contribution in [1.82, 2.24) is 10.2 Å². The first-order chi connectivity index (χ1) is 8.99. The van der Waals surface area contributed by atoms with Gasteiger partial charge in [-0.1, -0.05) is 26.0 Å². The van der Waals surface area contributed by atoms with E-state index in [-0.39, 0.29) is 5.41 Å². The maximum absolute atomic E-state index is 11.1. The Kier molecular flexibility index (Phi) is 4.22. The van der Waals surface area contributed by atoms with Crippen molar-refractivity contribution in [3.8, 4) is 0 Å². The van der Waals surface area contributed by atoms with Crippen LogP contribution in [-0.2, 0) is 5.41 Å². The Morgan fingerprint density at radius 3 is 2.68 bits per heavy atom. The molecule has 0 unspecified atom stereocenters. The minimum Gasteiger partial charge on any atom is -0.478 e. The third-order valence-corrected chi connectivity index (χ3v) is 3.72. The van der Waals surface area contributed by atoms with Gasteiger partial charge in [-0.05, 0) is 17.7 Å². The Labute approximate surface area is 114 Å². The second-order valence-electron chi connectivity index (χ2n) is 5.80. The van der Waals surface area contributed by atoms with Crippen LogP contribution >= 0.6 is 0 Å². The predicted molar refractivity (Wildman–Crippen MR) is 75.7 cm³/mol. The number of nitrogens with zero attached hydrogens (tertiary/aromatic N) is 1. The molecule has 1 aromatic rings. The summed E-state index contributed by atoms with van der Waals surface area (Å²) in [6.45, 7) is 9.49. The molecule has 2 N–H and O–H groups in total. The van der Waals surface area contributed by atoms with Crippen LogP contribution in [0.5, 0.6) is 0 Å². The Hall–Kier alpha value is -1.39. The molecule has 0 bridgehead atoms. The van der Waals surface area contributed by atoms with Crippen molar-refractivity contribution in [3.63, 3.8) is 0 Å². The Balaban J connectivity index is 2.13.